The van der Waals surface area contributed by atoms with Crippen LogP contribution >= 0.6 is 0 Å². The lowest BCUT2D eigenvalue weighted by atomic mass is 10.2. The molecule has 2 aromatic carbocycles. The Morgan fingerprint density at radius 2 is 2.00 bits per heavy atom. The van der Waals surface area contributed by atoms with Gasteiger partial charge in [-0.1, -0.05) is 24.3 Å². The maximum atomic E-state index is 5.78. The van der Waals surface area contributed by atoms with Crippen molar-refractivity contribution in [3.63, 3.8) is 0 Å². The first-order valence-corrected chi connectivity index (χ1v) is 10.9. The van der Waals surface area contributed by atoms with Gasteiger partial charge < -0.3 is 29.7 Å². The standard InChI is InChI=1S/C24H34N4O3/c1-4-25-24(26-13-15-31-18-19-8-7-9-21(16-19)29-2)27-20-12-14-28(17-20)22-10-5-6-11-23(22)30-3/h5-11,16,20H,4,12-15,17-18H2,1-3H3,(H2,25,26,27). The van der Waals surface area contributed by atoms with Crippen molar-refractivity contribution in [2.45, 2.75) is 26.0 Å². The van der Waals surface area contributed by atoms with E-state index in [1.54, 1.807) is 14.2 Å². The lowest BCUT2D eigenvalue weighted by Crippen LogP contribution is -2.44. The van der Waals surface area contributed by atoms with Gasteiger partial charge in [0.2, 0.25) is 0 Å². The van der Waals surface area contributed by atoms with Crippen LogP contribution in [0.5, 0.6) is 11.5 Å². The summed E-state index contributed by atoms with van der Waals surface area (Å²) in [6.07, 6.45) is 1.05. The zero-order chi connectivity index (χ0) is 21.9. The summed E-state index contributed by atoms with van der Waals surface area (Å²) in [4.78, 5) is 7.03. The predicted molar refractivity (Wildman–Crippen MR) is 125 cm³/mol. The number of nitrogens with one attached hydrogen (secondary N) is 2. The Morgan fingerprint density at radius 3 is 2.81 bits per heavy atom. The number of nitrogens with zero attached hydrogens (tertiary/aromatic N) is 2. The van der Waals surface area contributed by atoms with Crippen LogP contribution in [0, 0.1) is 0 Å². The molecule has 7 heteroatoms. The van der Waals surface area contributed by atoms with Crippen LogP contribution in [0.2, 0.25) is 0 Å². The van der Waals surface area contributed by atoms with Crippen molar-refractivity contribution in [1.82, 2.24) is 10.6 Å². The molecule has 1 fully saturated rings. The SMILES string of the molecule is CCNC(=NCCOCc1cccc(OC)c1)NC1CCN(c2ccccc2OC)C1. The van der Waals surface area contributed by atoms with Crippen molar-refractivity contribution >= 4 is 11.6 Å². The van der Waals surface area contributed by atoms with E-state index < -0.39 is 0 Å². The van der Waals surface area contributed by atoms with Crippen LogP contribution in [-0.4, -0.2) is 59.0 Å². The molecule has 0 saturated carbocycles. The van der Waals surface area contributed by atoms with Gasteiger partial charge in [0.25, 0.3) is 0 Å². The van der Waals surface area contributed by atoms with Gasteiger partial charge in [-0.05, 0) is 43.2 Å². The van der Waals surface area contributed by atoms with Crippen LogP contribution in [0.15, 0.2) is 53.5 Å². The molecule has 168 valence electrons. The normalized spacial score (nSPS) is 16.3. The second-order valence-electron chi connectivity index (χ2n) is 7.41. The number of guanidine groups is 1. The fourth-order valence-electron chi connectivity index (χ4n) is 3.68. The summed E-state index contributed by atoms with van der Waals surface area (Å²) in [5.74, 6) is 2.59. The minimum atomic E-state index is 0.334. The Kier molecular flexibility index (Phi) is 8.84. The monoisotopic (exact) mass is 426 g/mol. The van der Waals surface area contributed by atoms with E-state index in [0.717, 1.165) is 54.8 Å². The predicted octanol–water partition coefficient (Wildman–Crippen LogP) is 3.05. The summed E-state index contributed by atoms with van der Waals surface area (Å²) >= 11 is 0. The summed E-state index contributed by atoms with van der Waals surface area (Å²) in [6.45, 7) is 6.51. The number of para-hydroxylation sites is 2. The summed E-state index contributed by atoms with van der Waals surface area (Å²) in [5, 5.41) is 6.90. The van der Waals surface area contributed by atoms with Crippen LogP contribution < -0.4 is 25.0 Å². The maximum absolute atomic E-state index is 5.78. The van der Waals surface area contributed by atoms with Gasteiger partial charge in [0.15, 0.2) is 5.96 Å². The molecule has 0 aliphatic carbocycles. The van der Waals surface area contributed by atoms with Crippen molar-refractivity contribution in [2.75, 3.05) is 51.9 Å². The van der Waals surface area contributed by atoms with E-state index in [0.29, 0.717) is 25.8 Å². The van der Waals surface area contributed by atoms with E-state index in [2.05, 4.69) is 39.6 Å². The Balaban J connectivity index is 1.46. The topological polar surface area (TPSA) is 67.4 Å². The lowest BCUT2D eigenvalue weighted by molar-refractivity contribution is 0.128. The minimum Gasteiger partial charge on any atom is -0.497 e. The number of ether oxygens (including phenoxy) is 3. The third-order valence-corrected chi connectivity index (χ3v) is 5.21. The number of anilines is 1. The Hall–Kier alpha value is -2.93. The number of hydrogen-bond donors (Lipinski definition) is 2. The van der Waals surface area contributed by atoms with Crippen LogP contribution in [-0.2, 0) is 11.3 Å². The van der Waals surface area contributed by atoms with Crippen LogP contribution in [0.25, 0.3) is 0 Å². The van der Waals surface area contributed by atoms with Crippen molar-refractivity contribution in [3.8, 4) is 11.5 Å². The van der Waals surface area contributed by atoms with Crippen molar-refractivity contribution in [2.24, 2.45) is 4.99 Å². The van der Waals surface area contributed by atoms with Gasteiger partial charge in [-0.2, -0.15) is 0 Å². The highest BCUT2D eigenvalue weighted by atomic mass is 16.5. The summed E-state index contributed by atoms with van der Waals surface area (Å²) < 4.78 is 16.5. The Morgan fingerprint density at radius 1 is 1.13 bits per heavy atom. The van der Waals surface area contributed by atoms with E-state index in [1.807, 2.05) is 36.4 Å². The third-order valence-electron chi connectivity index (χ3n) is 5.21. The number of benzene rings is 2. The fourth-order valence-corrected chi connectivity index (χ4v) is 3.68. The zero-order valence-corrected chi connectivity index (χ0v) is 18.8. The Labute approximate surface area is 185 Å². The van der Waals surface area contributed by atoms with E-state index in [9.17, 15) is 0 Å². The van der Waals surface area contributed by atoms with Crippen LogP contribution in [0.4, 0.5) is 5.69 Å². The molecule has 1 aliphatic rings. The van der Waals surface area contributed by atoms with Crippen molar-refractivity contribution in [3.05, 3.63) is 54.1 Å². The fraction of sp³-hybridized carbons (Fsp3) is 0.458. The van der Waals surface area contributed by atoms with E-state index in [1.165, 1.54) is 0 Å². The van der Waals surface area contributed by atoms with Gasteiger partial charge in [0.1, 0.15) is 11.5 Å². The van der Waals surface area contributed by atoms with Gasteiger partial charge >= 0.3 is 0 Å². The molecule has 7 nitrogen and oxygen atoms in total. The molecule has 0 bridgehead atoms. The number of methoxy groups -OCH3 is 2. The molecule has 0 radical (unpaired) electrons. The average molecular weight is 427 g/mol. The first-order chi connectivity index (χ1) is 15.2. The summed E-state index contributed by atoms with van der Waals surface area (Å²) in [6, 6.07) is 16.4. The molecule has 0 amide bonds. The minimum absolute atomic E-state index is 0.334. The number of aliphatic imine (C=N–C) groups is 1. The number of rotatable bonds is 10. The van der Waals surface area contributed by atoms with Gasteiger partial charge in [-0.25, -0.2) is 0 Å². The maximum Gasteiger partial charge on any atom is 0.191 e. The average Bonchev–Trinajstić information content (AvgIpc) is 3.27. The smallest absolute Gasteiger partial charge is 0.191 e. The summed E-state index contributed by atoms with van der Waals surface area (Å²) in [5.41, 5.74) is 2.23. The highest BCUT2D eigenvalue weighted by Crippen LogP contribution is 2.30. The summed E-state index contributed by atoms with van der Waals surface area (Å²) in [7, 11) is 3.39. The van der Waals surface area contributed by atoms with Gasteiger partial charge in [-0.15, -0.1) is 0 Å². The van der Waals surface area contributed by atoms with E-state index >= 15 is 0 Å². The van der Waals surface area contributed by atoms with Crippen molar-refractivity contribution in [1.29, 1.82) is 0 Å². The molecule has 1 atom stereocenters. The zero-order valence-electron chi connectivity index (χ0n) is 18.8. The number of hydrogen-bond acceptors (Lipinski definition) is 5. The highest BCUT2D eigenvalue weighted by molar-refractivity contribution is 5.80. The quantitative estimate of drug-likeness (QED) is 0.346. The first kappa shape index (κ1) is 22.7. The molecular formula is C24H34N4O3. The molecule has 2 N–H and O–H groups in total. The molecule has 1 heterocycles. The van der Waals surface area contributed by atoms with Gasteiger partial charge in [0, 0.05) is 25.7 Å². The van der Waals surface area contributed by atoms with E-state index in [4.69, 9.17) is 14.2 Å². The van der Waals surface area contributed by atoms with Gasteiger partial charge in [-0.3, -0.25) is 4.99 Å². The molecule has 2 aromatic rings. The molecule has 0 aromatic heterocycles. The first-order valence-electron chi connectivity index (χ1n) is 10.9. The van der Waals surface area contributed by atoms with Crippen molar-refractivity contribution < 1.29 is 14.2 Å². The van der Waals surface area contributed by atoms with E-state index in [-0.39, 0.29) is 0 Å². The van der Waals surface area contributed by atoms with Gasteiger partial charge in [0.05, 0.1) is 39.7 Å². The molecule has 1 unspecified atom stereocenters. The third kappa shape index (κ3) is 6.79. The molecule has 1 aliphatic heterocycles. The molecule has 0 spiro atoms. The second-order valence-corrected chi connectivity index (χ2v) is 7.41. The highest BCUT2D eigenvalue weighted by Gasteiger charge is 2.25. The molecule has 1 saturated heterocycles. The second kappa shape index (κ2) is 12.1. The molecule has 3 rings (SSSR count). The molecular weight excluding hydrogens is 392 g/mol. The lowest BCUT2D eigenvalue weighted by Gasteiger charge is -2.22. The van der Waals surface area contributed by atoms with Crippen LogP contribution in [0.1, 0.15) is 18.9 Å². The Bertz CT molecular complexity index is 843. The van der Waals surface area contributed by atoms with Crippen LogP contribution in [0.3, 0.4) is 0 Å². The largest absolute Gasteiger partial charge is 0.497 e. The molecule has 31 heavy (non-hydrogen) atoms.